The third kappa shape index (κ3) is 7.01. The minimum absolute atomic E-state index is 0.0783. The van der Waals surface area contributed by atoms with E-state index >= 15 is 0 Å². The first-order valence-electron chi connectivity index (χ1n) is 9.28. The first kappa shape index (κ1) is 21.5. The van der Waals surface area contributed by atoms with Gasteiger partial charge in [0.2, 0.25) is 0 Å². The Morgan fingerprint density at radius 3 is 2.67 bits per heavy atom. The second-order valence-electron chi connectivity index (χ2n) is 6.18. The molecule has 0 amide bonds. The Morgan fingerprint density at radius 2 is 1.93 bits per heavy atom. The fraction of sp³-hybridized carbons (Fsp3) is 0.429. The van der Waals surface area contributed by atoms with Gasteiger partial charge in [0, 0.05) is 18.7 Å². The average molecular weight is 396 g/mol. The van der Waals surface area contributed by atoms with E-state index in [1.807, 2.05) is 19.1 Å². The molecule has 4 nitrogen and oxygen atoms in total. The molecule has 0 aliphatic heterocycles. The summed E-state index contributed by atoms with van der Waals surface area (Å²) in [6, 6.07) is 10.2. The Kier molecular flexibility index (Phi) is 9.39. The Hall–Kier alpha value is -1.82. The number of hydrogen-bond acceptors (Lipinski definition) is 4. The van der Waals surface area contributed by atoms with Crippen LogP contribution in [-0.2, 0) is 13.2 Å². The molecule has 2 aromatic carbocycles. The molecule has 2 aromatic rings. The van der Waals surface area contributed by atoms with Crippen molar-refractivity contribution in [2.75, 3.05) is 19.8 Å². The second-order valence-corrected chi connectivity index (χ2v) is 6.59. The molecule has 0 aromatic heterocycles. The number of halogens is 2. The Morgan fingerprint density at radius 1 is 1.11 bits per heavy atom. The molecule has 6 heteroatoms. The van der Waals surface area contributed by atoms with Gasteiger partial charge in [-0.3, -0.25) is 0 Å². The van der Waals surface area contributed by atoms with Crippen molar-refractivity contribution in [2.24, 2.45) is 0 Å². The van der Waals surface area contributed by atoms with Gasteiger partial charge in [0.25, 0.3) is 0 Å². The number of rotatable bonds is 12. The van der Waals surface area contributed by atoms with Gasteiger partial charge in [0.1, 0.15) is 12.4 Å². The van der Waals surface area contributed by atoms with Crippen molar-refractivity contribution in [1.29, 1.82) is 0 Å². The highest BCUT2D eigenvalue weighted by Crippen LogP contribution is 2.37. The summed E-state index contributed by atoms with van der Waals surface area (Å²) < 4.78 is 25.2. The summed E-state index contributed by atoms with van der Waals surface area (Å²) >= 11 is 6.40. The molecule has 0 unspecified atom stereocenters. The quantitative estimate of drug-likeness (QED) is 0.511. The van der Waals surface area contributed by atoms with Gasteiger partial charge in [-0.1, -0.05) is 29.8 Å². The number of ether oxygens (including phenoxy) is 2. The standard InChI is InChI=1S/C21H27ClFNO3/c1-2-26-20-13-16(14-24-10-6-3-7-11-25)12-18(22)21(20)27-15-17-8-4-5-9-19(17)23/h4-5,8-9,12-13,24-25H,2-3,6-7,10-11,14-15H2,1H3. The minimum Gasteiger partial charge on any atom is -0.490 e. The summed E-state index contributed by atoms with van der Waals surface area (Å²) in [5, 5.41) is 12.6. The molecular weight excluding hydrogens is 369 g/mol. The third-order valence-corrected chi connectivity index (χ3v) is 4.32. The lowest BCUT2D eigenvalue weighted by atomic mass is 10.2. The molecule has 0 fully saturated rings. The molecule has 0 heterocycles. The van der Waals surface area contributed by atoms with Crippen molar-refractivity contribution < 1.29 is 19.0 Å². The molecule has 0 atom stereocenters. The maximum absolute atomic E-state index is 13.8. The van der Waals surface area contributed by atoms with Gasteiger partial charge in [0.05, 0.1) is 11.6 Å². The molecule has 0 radical (unpaired) electrons. The number of unbranched alkanes of at least 4 members (excludes halogenated alkanes) is 2. The minimum atomic E-state index is -0.311. The number of aliphatic hydroxyl groups is 1. The van der Waals surface area contributed by atoms with Gasteiger partial charge in [0.15, 0.2) is 11.5 Å². The average Bonchev–Trinajstić information content (AvgIpc) is 2.65. The molecule has 0 spiro atoms. The van der Waals surface area contributed by atoms with Gasteiger partial charge < -0.3 is 19.9 Å². The molecule has 0 aliphatic rings. The lowest BCUT2D eigenvalue weighted by Crippen LogP contribution is -2.15. The smallest absolute Gasteiger partial charge is 0.180 e. The van der Waals surface area contributed by atoms with E-state index in [4.69, 9.17) is 26.2 Å². The number of nitrogens with one attached hydrogen (secondary N) is 1. The molecule has 0 saturated heterocycles. The Balaban J connectivity index is 2.01. The first-order valence-corrected chi connectivity index (χ1v) is 9.66. The molecule has 0 bridgehead atoms. The zero-order valence-electron chi connectivity index (χ0n) is 15.6. The van der Waals surface area contributed by atoms with Gasteiger partial charge >= 0.3 is 0 Å². The highest BCUT2D eigenvalue weighted by Gasteiger charge is 2.14. The van der Waals surface area contributed by atoms with Crippen LogP contribution in [0, 0.1) is 5.82 Å². The fourth-order valence-electron chi connectivity index (χ4n) is 2.66. The number of benzene rings is 2. The molecule has 148 valence electrons. The largest absolute Gasteiger partial charge is 0.490 e. The number of aliphatic hydroxyl groups excluding tert-OH is 1. The van der Waals surface area contributed by atoms with Crippen molar-refractivity contribution in [3.8, 4) is 11.5 Å². The molecular formula is C21H27ClFNO3. The number of hydrogen-bond donors (Lipinski definition) is 2. The highest BCUT2D eigenvalue weighted by molar-refractivity contribution is 6.32. The van der Waals surface area contributed by atoms with E-state index in [9.17, 15) is 4.39 Å². The highest BCUT2D eigenvalue weighted by atomic mass is 35.5. The monoisotopic (exact) mass is 395 g/mol. The van der Waals surface area contributed by atoms with Crippen molar-refractivity contribution in [1.82, 2.24) is 5.32 Å². The maximum Gasteiger partial charge on any atom is 0.180 e. The zero-order chi connectivity index (χ0) is 19.5. The van der Waals surface area contributed by atoms with Crippen LogP contribution < -0.4 is 14.8 Å². The van der Waals surface area contributed by atoms with Crippen molar-refractivity contribution in [2.45, 2.75) is 39.3 Å². The van der Waals surface area contributed by atoms with E-state index in [-0.39, 0.29) is 19.0 Å². The Bertz CT molecular complexity index is 712. The van der Waals surface area contributed by atoms with Crippen LogP contribution in [0.15, 0.2) is 36.4 Å². The van der Waals surface area contributed by atoms with Crippen LogP contribution in [0.4, 0.5) is 4.39 Å². The molecule has 2 N–H and O–H groups in total. The normalized spacial score (nSPS) is 10.8. The van der Waals surface area contributed by atoms with Gasteiger partial charge in [-0.15, -0.1) is 0 Å². The maximum atomic E-state index is 13.8. The van der Waals surface area contributed by atoms with Crippen LogP contribution in [0.25, 0.3) is 0 Å². The van der Waals surface area contributed by atoms with Gasteiger partial charge in [-0.05, 0) is 56.5 Å². The SMILES string of the molecule is CCOc1cc(CNCCCCCO)cc(Cl)c1OCc1ccccc1F. The molecule has 2 rings (SSSR count). The van der Waals surface area contributed by atoms with E-state index in [0.717, 1.165) is 31.4 Å². The summed E-state index contributed by atoms with van der Waals surface area (Å²) in [5.41, 5.74) is 1.45. The predicted molar refractivity (Wildman–Crippen MR) is 106 cm³/mol. The van der Waals surface area contributed by atoms with Crippen LogP contribution >= 0.6 is 11.6 Å². The van der Waals surface area contributed by atoms with E-state index in [2.05, 4.69) is 5.32 Å². The molecule has 0 aliphatic carbocycles. The van der Waals surface area contributed by atoms with Crippen molar-refractivity contribution >= 4 is 11.6 Å². The van der Waals surface area contributed by atoms with Gasteiger partial charge in [-0.25, -0.2) is 4.39 Å². The first-order chi connectivity index (χ1) is 13.2. The van der Waals surface area contributed by atoms with Crippen LogP contribution in [-0.4, -0.2) is 24.9 Å². The van der Waals surface area contributed by atoms with E-state index in [0.29, 0.717) is 35.2 Å². The fourth-order valence-corrected chi connectivity index (χ4v) is 2.95. The summed E-state index contributed by atoms with van der Waals surface area (Å²) in [6.45, 7) is 4.21. The lowest BCUT2D eigenvalue weighted by Gasteiger charge is -2.16. The Labute approximate surface area is 165 Å². The molecule has 27 heavy (non-hydrogen) atoms. The van der Waals surface area contributed by atoms with E-state index in [1.165, 1.54) is 6.07 Å². The second kappa shape index (κ2) is 11.8. The van der Waals surface area contributed by atoms with E-state index in [1.54, 1.807) is 18.2 Å². The third-order valence-electron chi connectivity index (χ3n) is 4.04. The summed E-state index contributed by atoms with van der Waals surface area (Å²) in [5.74, 6) is 0.667. The van der Waals surface area contributed by atoms with Crippen LogP contribution in [0.5, 0.6) is 11.5 Å². The molecule has 0 saturated carbocycles. The van der Waals surface area contributed by atoms with Crippen LogP contribution in [0.3, 0.4) is 0 Å². The lowest BCUT2D eigenvalue weighted by molar-refractivity contribution is 0.265. The zero-order valence-corrected chi connectivity index (χ0v) is 16.4. The van der Waals surface area contributed by atoms with Crippen molar-refractivity contribution in [3.63, 3.8) is 0 Å². The predicted octanol–water partition coefficient (Wildman–Crippen LogP) is 4.71. The van der Waals surface area contributed by atoms with E-state index < -0.39 is 0 Å². The van der Waals surface area contributed by atoms with Crippen molar-refractivity contribution in [3.05, 3.63) is 58.4 Å². The van der Waals surface area contributed by atoms with Crippen LogP contribution in [0.1, 0.15) is 37.3 Å². The summed E-state index contributed by atoms with van der Waals surface area (Å²) in [6.07, 6.45) is 2.84. The summed E-state index contributed by atoms with van der Waals surface area (Å²) in [4.78, 5) is 0. The van der Waals surface area contributed by atoms with Gasteiger partial charge in [-0.2, -0.15) is 0 Å². The topological polar surface area (TPSA) is 50.7 Å². The van der Waals surface area contributed by atoms with Crippen LogP contribution in [0.2, 0.25) is 5.02 Å². The summed E-state index contributed by atoms with van der Waals surface area (Å²) in [7, 11) is 0.